The normalized spacial score (nSPS) is 11.5. The summed E-state index contributed by atoms with van der Waals surface area (Å²) in [5.74, 6) is -1.15. The molecule has 9 N–H and O–H groups in total. The predicted molar refractivity (Wildman–Crippen MR) is 134 cm³/mol. The number of nitrogens with one attached hydrogen (secondary N) is 3. The highest BCUT2D eigenvalue weighted by Gasteiger charge is 2.18. The molecular weight excluding hydrogens is 452 g/mol. The lowest BCUT2D eigenvalue weighted by Crippen LogP contribution is -2.33. The van der Waals surface area contributed by atoms with E-state index in [4.69, 9.17) is 17.2 Å². The number of hydrogen-bond donors (Lipinski definition) is 6. The number of anilines is 3. The molecule has 0 saturated carbocycles. The lowest BCUT2D eigenvalue weighted by Gasteiger charge is -2.09. The van der Waals surface area contributed by atoms with Gasteiger partial charge in [-0.25, -0.2) is 4.99 Å². The average Bonchev–Trinajstić information content (AvgIpc) is 3.41. The highest BCUT2D eigenvalue weighted by atomic mass is 16.2. The molecule has 3 rings (SSSR count). The Labute approximate surface area is 202 Å². The van der Waals surface area contributed by atoms with E-state index >= 15 is 0 Å². The van der Waals surface area contributed by atoms with Crippen LogP contribution in [0.5, 0.6) is 0 Å². The summed E-state index contributed by atoms with van der Waals surface area (Å²) in [5.41, 5.74) is 18.8. The minimum Gasteiger partial charge on any atom is -0.397 e. The number of rotatable bonds is 8. The van der Waals surface area contributed by atoms with E-state index in [1.165, 1.54) is 0 Å². The molecule has 0 radical (unpaired) electrons. The summed E-state index contributed by atoms with van der Waals surface area (Å²) in [4.78, 5) is 41.9. The number of aliphatic imine (C=N–C) groups is 1. The summed E-state index contributed by atoms with van der Waals surface area (Å²) in [7, 11) is 5.09. The number of hydrogen-bond acceptors (Lipinski definition) is 5. The Morgan fingerprint density at radius 3 is 1.74 bits per heavy atom. The van der Waals surface area contributed by atoms with Gasteiger partial charge < -0.3 is 46.9 Å². The largest absolute Gasteiger partial charge is 0.397 e. The van der Waals surface area contributed by atoms with E-state index in [1.54, 1.807) is 78.6 Å². The van der Waals surface area contributed by atoms with Crippen LogP contribution >= 0.6 is 0 Å². The summed E-state index contributed by atoms with van der Waals surface area (Å²) < 4.78 is 4.80. The summed E-state index contributed by atoms with van der Waals surface area (Å²) in [5, 5.41) is 8.27. The smallest absolute Gasteiger partial charge is 0.272 e. The number of guanidine groups is 1. The van der Waals surface area contributed by atoms with Gasteiger partial charge in [0, 0.05) is 46.3 Å². The molecule has 0 aromatic carbocycles. The molecule has 3 aromatic rings. The van der Waals surface area contributed by atoms with Crippen molar-refractivity contribution in [1.82, 2.24) is 19.0 Å². The van der Waals surface area contributed by atoms with Crippen LogP contribution in [0.25, 0.3) is 0 Å². The molecule has 0 fully saturated rings. The Hall–Kier alpha value is -4.68. The number of amides is 3. The Kier molecular flexibility index (Phi) is 7.18. The molecule has 13 heteroatoms. The molecule has 1 atom stereocenters. The van der Waals surface area contributed by atoms with Crippen LogP contribution in [0.2, 0.25) is 0 Å². The van der Waals surface area contributed by atoms with Gasteiger partial charge in [0.15, 0.2) is 5.96 Å². The van der Waals surface area contributed by atoms with Crippen LogP contribution < -0.4 is 33.2 Å². The van der Waals surface area contributed by atoms with Crippen LogP contribution in [-0.4, -0.2) is 50.0 Å². The Balaban J connectivity index is 1.65. The highest BCUT2D eigenvalue weighted by Crippen LogP contribution is 2.19. The van der Waals surface area contributed by atoms with Crippen molar-refractivity contribution in [3.63, 3.8) is 0 Å². The van der Waals surface area contributed by atoms with Gasteiger partial charge in [0.2, 0.25) is 0 Å². The van der Waals surface area contributed by atoms with E-state index in [2.05, 4.69) is 20.9 Å². The summed E-state index contributed by atoms with van der Waals surface area (Å²) in [6, 6.07) is 4.40. The molecular formula is C22H30N10O3. The predicted octanol–water partition coefficient (Wildman–Crippen LogP) is 0.181. The fraction of sp³-hybridized carbons (Fsp3) is 0.273. The van der Waals surface area contributed by atoms with Crippen LogP contribution in [0.1, 0.15) is 38.4 Å². The highest BCUT2D eigenvalue weighted by molar-refractivity contribution is 6.07. The maximum Gasteiger partial charge on any atom is 0.272 e. The molecule has 13 nitrogen and oxygen atoms in total. The van der Waals surface area contributed by atoms with Crippen LogP contribution in [0.3, 0.4) is 0 Å². The average molecular weight is 483 g/mol. The first-order chi connectivity index (χ1) is 16.4. The number of aryl methyl sites for hydroxylation is 3. The van der Waals surface area contributed by atoms with E-state index in [9.17, 15) is 14.4 Å². The standard InChI is InChI=1S/C22H30N10O3/c1-12(27-22(24)25)8-26-19(33)17-6-14(10-31(17)3)29-21(35)18-7-15(11-32(18)4)28-20(34)16-5-13(23)9-30(16)2/h5-7,9-12H,8,23H2,1-4H3,(H,26,33)(H,28,34)(H,29,35)(H4,24,25,27). The molecule has 0 spiro atoms. The van der Waals surface area contributed by atoms with Crippen LogP contribution in [0.4, 0.5) is 17.1 Å². The van der Waals surface area contributed by atoms with Crippen LogP contribution in [-0.2, 0) is 21.1 Å². The summed E-state index contributed by atoms with van der Waals surface area (Å²) in [6.45, 7) is 2.01. The van der Waals surface area contributed by atoms with E-state index in [0.29, 0.717) is 34.1 Å². The van der Waals surface area contributed by atoms with Gasteiger partial charge in [0.1, 0.15) is 17.1 Å². The summed E-state index contributed by atoms with van der Waals surface area (Å²) >= 11 is 0. The first-order valence-corrected chi connectivity index (χ1v) is 10.7. The summed E-state index contributed by atoms with van der Waals surface area (Å²) in [6.07, 6.45) is 4.89. The number of carbonyl (C=O) groups is 3. The van der Waals surface area contributed by atoms with E-state index in [-0.39, 0.29) is 30.4 Å². The van der Waals surface area contributed by atoms with E-state index in [1.807, 2.05) is 0 Å². The number of nitrogens with zero attached hydrogens (tertiary/aromatic N) is 4. The zero-order valence-corrected chi connectivity index (χ0v) is 20.0. The first kappa shape index (κ1) is 25.0. The number of nitrogen functional groups attached to an aromatic ring is 1. The minimum atomic E-state index is -0.407. The Morgan fingerprint density at radius 1 is 0.829 bits per heavy atom. The molecule has 0 aliphatic rings. The topological polar surface area (TPSA) is 193 Å². The lowest BCUT2D eigenvalue weighted by molar-refractivity contribution is 0.0942. The fourth-order valence-electron chi connectivity index (χ4n) is 3.55. The Bertz CT molecular complexity index is 1290. The maximum absolute atomic E-state index is 12.9. The third-order valence-electron chi connectivity index (χ3n) is 5.18. The van der Waals surface area contributed by atoms with Gasteiger partial charge in [-0.3, -0.25) is 14.4 Å². The van der Waals surface area contributed by atoms with Crippen molar-refractivity contribution in [1.29, 1.82) is 0 Å². The quantitative estimate of drug-likeness (QED) is 0.196. The van der Waals surface area contributed by atoms with Gasteiger partial charge in [-0.1, -0.05) is 0 Å². The number of carbonyl (C=O) groups excluding carboxylic acids is 3. The van der Waals surface area contributed by atoms with Gasteiger partial charge in [-0.15, -0.1) is 0 Å². The number of aromatic nitrogens is 3. The fourth-order valence-corrected chi connectivity index (χ4v) is 3.55. The van der Waals surface area contributed by atoms with E-state index < -0.39 is 5.91 Å². The van der Waals surface area contributed by atoms with Gasteiger partial charge >= 0.3 is 0 Å². The second kappa shape index (κ2) is 10.1. The second-order valence-electron chi connectivity index (χ2n) is 8.24. The first-order valence-electron chi connectivity index (χ1n) is 10.7. The molecule has 3 amide bonds. The van der Waals surface area contributed by atoms with Gasteiger partial charge in [0.25, 0.3) is 17.7 Å². The third kappa shape index (κ3) is 6.01. The van der Waals surface area contributed by atoms with Crippen molar-refractivity contribution in [3.05, 3.63) is 53.9 Å². The number of nitrogens with two attached hydrogens (primary N) is 3. The molecule has 0 bridgehead atoms. The van der Waals surface area contributed by atoms with Crippen molar-refractivity contribution in [3.8, 4) is 0 Å². The van der Waals surface area contributed by atoms with Crippen LogP contribution in [0.15, 0.2) is 41.8 Å². The maximum atomic E-state index is 12.9. The molecule has 3 heterocycles. The van der Waals surface area contributed by atoms with Crippen molar-refractivity contribution in [2.75, 3.05) is 22.9 Å². The molecule has 0 saturated heterocycles. The van der Waals surface area contributed by atoms with Gasteiger partial charge in [0.05, 0.1) is 23.1 Å². The monoisotopic (exact) mass is 482 g/mol. The van der Waals surface area contributed by atoms with Gasteiger partial charge in [-0.05, 0) is 25.1 Å². The van der Waals surface area contributed by atoms with Crippen molar-refractivity contribution < 1.29 is 14.4 Å². The molecule has 186 valence electrons. The molecule has 0 aliphatic carbocycles. The molecule has 1 unspecified atom stereocenters. The van der Waals surface area contributed by atoms with Crippen molar-refractivity contribution in [2.24, 2.45) is 37.6 Å². The zero-order valence-electron chi connectivity index (χ0n) is 20.0. The van der Waals surface area contributed by atoms with Gasteiger partial charge in [-0.2, -0.15) is 0 Å². The van der Waals surface area contributed by atoms with Crippen LogP contribution in [0, 0.1) is 0 Å². The zero-order chi connectivity index (χ0) is 25.9. The lowest BCUT2D eigenvalue weighted by atomic mass is 10.3. The molecule has 0 aliphatic heterocycles. The minimum absolute atomic E-state index is 0.0521. The Morgan fingerprint density at radius 2 is 1.29 bits per heavy atom. The second-order valence-corrected chi connectivity index (χ2v) is 8.24. The molecule has 3 aromatic heterocycles. The molecule has 35 heavy (non-hydrogen) atoms. The van der Waals surface area contributed by atoms with Crippen molar-refractivity contribution >= 4 is 40.7 Å². The SMILES string of the molecule is CC(CNC(=O)c1cc(NC(=O)c2cc(NC(=O)c3cc(N)cn3C)cn2C)cn1C)N=C(N)N. The third-order valence-corrected chi connectivity index (χ3v) is 5.18. The van der Waals surface area contributed by atoms with Crippen molar-refractivity contribution in [2.45, 2.75) is 13.0 Å². The van der Waals surface area contributed by atoms with E-state index in [0.717, 1.165) is 0 Å².